The number of hydrogen-bond donors (Lipinski definition) is 0. The van der Waals surface area contributed by atoms with Crippen molar-refractivity contribution in [2.45, 2.75) is 13.8 Å². The Kier molecular flexibility index (Phi) is 5.94. The van der Waals surface area contributed by atoms with E-state index in [9.17, 15) is 9.59 Å². The second kappa shape index (κ2) is 9.35. The average Bonchev–Trinajstić information content (AvgIpc) is 3.35. The first kappa shape index (κ1) is 22.2. The fourth-order valence-electron chi connectivity index (χ4n) is 3.92. The third-order valence-electron chi connectivity index (χ3n) is 5.54. The van der Waals surface area contributed by atoms with Crippen LogP contribution in [0.1, 0.15) is 39.0 Å². The Bertz CT molecular complexity index is 1490. The lowest BCUT2D eigenvalue weighted by molar-refractivity contribution is 0.0734. The van der Waals surface area contributed by atoms with Gasteiger partial charge in [0.25, 0.3) is 0 Å². The van der Waals surface area contributed by atoms with E-state index in [1.165, 1.54) is 6.07 Å². The molecule has 0 unspecified atom stereocenters. The molecule has 2 heterocycles. The van der Waals surface area contributed by atoms with Crippen molar-refractivity contribution in [3.63, 3.8) is 0 Å². The van der Waals surface area contributed by atoms with E-state index in [1.807, 2.05) is 43.3 Å². The van der Waals surface area contributed by atoms with Crippen LogP contribution in [0.15, 0.2) is 89.1 Å². The maximum Gasteiger partial charge on any atom is 0.347 e. The van der Waals surface area contributed by atoms with Gasteiger partial charge in [0.2, 0.25) is 5.78 Å². The lowest BCUT2D eigenvalue weighted by Gasteiger charge is -2.06. The maximum atomic E-state index is 13.0. The van der Waals surface area contributed by atoms with Gasteiger partial charge in [0.1, 0.15) is 34.2 Å². The number of hydrogen-bond acceptors (Lipinski definition) is 6. The lowest BCUT2D eigenvalue weighted by Crippen LogP contribution is -2.09. The van der Waals surface area contributed by atoms with Crippen molar-refractivity contribution in [3.05, 3.63) is 107 Å². The van der Waals surface area contributed by atoms with Crippen molar-refractivity contribution < 1.29 is 28.2 Å². The number of ketones is 1. The first-order chi connectivity index (χ1) is 17.0. The number of furan rings is 1. The van der Waals surface area contributed by atoms with Gasteiger partial charge in [0.05, 0.1) is 12.2 Å². The normalized spacial score (nSPS) is 13.9. The Morgan fingerprint density at radius 2 is 1.80 bits per heavy atom. The minimum absolute atomic E-state index is 0.204. The van der Waals surface area contributed by atoms with Crippen LogP contribution in [-0.4, -0.2) is 18.4 Å². The van der Waals surface area contributed by atoms with Crippen LogP contribution < -0.4 is 14.2 Å². The molecule has 5 rings (SSSR count). The van der Waals surface area contributed by atoms with Gasteiger partial charge in [0, 0.05) is 11.5 Å². The van der Waals surface area contributed by atoms with E-state index in [2.05, 4.69) is 0 Å². The van der Waals surface area contributed by atoms with Gasteiger partial charge in [0.15, 0.2) is 5.76 Å². The fourth-order valence-corrected chi connectivity index (χ4v) is 3.92. The Balaban J connectivity index is 1.36. The van der Waals surface area contributed by atoms with Gasteiger partial charge in [-0.2, -0.15) is 0 Å². The number of Topliss-reactive ketones (excluding diaryl/α,β-unsaturated/α-hetero) is 1. The monoisotopic (exact) mass is 466 g/mol. The number of rotatable bonds is 6. The van der Waals surface area contributed by atoms with Crippen molar-refractivity contribution in [2.24, 2.45) is 0 Å². The quantitative estimate of drug-likeness (QED) is 0.183. The molecular weight excluding hydrogens is 444 g/mol. The fraction of sp³-hybridized carbons (Fsp3) is 0.103. The van der Waals surface area contributed by atoms with Gasteiger partial charge in [-0.3, -0.25) is 4.79 Å². The number of fused-ring (bicyclic) bond motifs is 2. The standard InChI is InChI=1S/C29H22O6/c1-3-32-20-13-15-24-23(16-20)27(18(2)33-24)29(31)34-21-12-14-22-26(17-21)35-25(28(22)30)11-7-10-19-8-5-4-6-9-19/h4-17H,3H2,1-2H3/b10-7+,25-11-. The summed E-state index contributed by atoms with van der Waals surface area (Å²) in [6, 6.07) is 19.8. The van der Waals surface area contributed by atoms with E-state index in [1.54, 1.807) is 49.4 Å². The molecule has 6 nitrogen and oxygen atoms in total. The number of carbonyl (C=O) groups is 2. The van der Waals surface area contributed by atoms with E-state index in [0.29, 0.717) is 46.0 Å². The van der Waals surface area contributed by atoms with Gasteiger partial charge < -0.3 is 18.6 Å². The van der Waals surface area contributed by atoms with Crippen LogP contribution in [0.2, 0.25) is 0 Å². The zero-order valence-corrected chi connectivity index (χ0v) is 19.2. The molecule has 0 radical (unpaired) electrons. The summed E-state index contributed by atoms with van der Waals surface area (Å²) < 4.78 is 22.6. The first-order valence-electron chi connectivity index (χ1n) is 11.2. The van der Waals surface area contributed by atoms with E-state index in [0.717, 1.165) is 5.56 Å². The van der Waals surface area contributed by atoms with Crippen LogP contribution in [-0.2, 0) is 0 Å². The molecule has 0 amide bonds. The molecule has 1 aliphatic heterocycles. The zero-order valence-electron chi connectivity index (χ0n) is 19.2. The number of allylic oxidation sites excluding steroid dienone is 3. The number of carbonyl (C=O) groups excluding carboxylic acids is 2. The number of esters is 1. The van der Waals surface area contributed by atoms with Gasteiger partial charge in [-0.05, 0) is 55.8 Å². The highest BCUT2D eigenvalue weighted by molar-refractivity contribution is 6.12. The summed E-state index contributed by atoms with van der Waals surface area (Å²) in [6.07, 6.45) is 5.27. The van der Waals surface area contributed by atoms with Crippen LogP contribution in [0.4, 0.5) is 0 Å². The summed E-state index contributed by atoms with van der Waals surface area (Å²) in [4.78, 5) is 25.7. The molecule has 0 atom stereocenters. The van der Waals surface area contributed by atoms with Gasteiger partial charge in [-0.15, -0.1) is 0 Å². The SMILES string of the molecule is CCOc1ccc2oc(C)c(C(=O)Oc3ccc4c(c3)O/C(=C\C=C\c3ccccc3)C4=O)c2c1. The average molecular weight is 466 g/mol. The third kappa shape index (κ3) is 4.46. The highest BCUT2D eigenvalue weighted by Gasteiger charge is 2.28. The van der Waals surface area contributed by atoms with Crippen molar-refractivity contribution in [2.75, 3.05) is 6.61 Å². The molecule has 1 aliphatic rings. The smallest absolute Gasteiger partial charge is 0.347 e. The highest BCUT2D eigenvalue weighted by Crippen LogP contribution is 2.35. The molecule has 1 aromatic heterocycles. The summed E-state index contributed by atoms with van der Waals surface area (Å²) in [6.45, 7) is 4.11. The molecule has 0 bridgehead atoms. The van der Waals surface area contributed by atoms with Gasteiger partial charge in [-0.1, -0.05) is 42.5 Å². The van der Waals surface area contributed by atoms with E-state index in [4.69, 9.17) is 18.6 Å². The summed E-state index contributed by atoms with van der Waals surface area (Å²) in [5.41, 5.74) is 2.32. The maximum absolute atomic E-state index is 13.0. The largest absolute Gasteiger partial charge is 0.494 e. The van der Waals surface area contributed by atoms with Gasteiger partial charge >= 0.3 is 5.97 Å². The van der Waals surface area contributed by atoms with Crippen LogP contribution in [0.25, 0.3) is 17.0 Å². The molecule has 4 aromatic rings. The molecule has 0 fully saturated rings. The summed E-state index contributed by atoms with van der Waals surface area (Å²) >= 11 is 0. The zero-order chi connectivity index (χ0) is 24.4. The molecule has 3 aromatic carbocycles. The Morgan fingerprint density at radius 1 is 1.00 bits per heavy atom. The second-order valence-corrected chi connectivity index (χ2v) is 7.90. The van der Waals surface area contributed by atoms with Crippen LogP contribution in [0.5, 0.6) is 17.2 Å². The molecule has 174 valence electrons. The van der Waals surface area contributed by atoms with Crippen molar-refractivity contribution in [3.8, 4) is 17.2 Å². The van der Waals surface area contributed by atoms with E-state index in [-0.39, 0.29) is 17.3 Å². The summed E-state index contributed by atoms with van der Waals surface area (Å²) in [5.74, 6) is 1.10. The number of ether oxygens (including phenoxy) is 3. The Hall–Kier alpha value is -4.58. The molecule has 0 aliphatic carbocycles. The molecule has 6 heteroatoms. The number of aryl methyl sites for hydroxylation is 1. The third-order valence-corrected chi connectivity index (χ3v) is 5.54. The Morgan fingerprint density at radius 3 is 2.60 bits per heavy atom. The molecule has 35 heavy (non-hydrogen) atoms. The Labute approximate surface area is 202 Å². The second-order valence-electron chi connectivity index (χ2n) is 7.90. The molecule has 0 spiro atoms. The van der Waals surface area contributed by atoms with Crippen LogP contribution in [0.3, 0.4) is 0 Å². The lowest BCUT2D eigenvalue weighted by atomic mass is 10.1. The predicted molar refractivity (Wildman–Crippen MR) is 132 cm³/mol. The minimum atomic E-state index is -0.569. The highest BCUT2D eigenvalue weighted by atomic mass is 16.5. The summed E-state index contributed by atoms with van der Waals surface area (Å²) in [7, 11) is 0. The van der Waals surface area contributed by atoms with Crippen molar-refractivity contribution in [1.82, 2.24) is 0 Å². The van der Waals surface area contributed by atoms with Crippen LogP contribution >= 0.6 is 0 Å². The van der Waals surface area contributed by atoms with E-state index < -0.39 is 5.97 Å². The predicted octanol–water partition coefficient (Wildman–Crippen LogP) is 6.53. The van der Waals surface area contributed by atoms with Gasteiger partial charge in [-0.25, -0.2) is 4.79 Å². The number of benzene rings is 3. The molecule has 0 saturated heterocycles. The molecular formula is C29H22O6. The van der Waals surface area contributed by atoms with Crippen molar-refractivity contribution in [1.29, 1.82) is 0 Å². The summed E-state index contributed by atoms with van der Waals surface area (Å²) in [5, 5.41) is 0.612. The van der Waals surface area contributed by atoms with E-state index >= 15 is 0 Å². The topological polar surface area (TPSA) is 75.0 Å². The minimum Gasteiger partial charge on any atom is -0.494 e. The first-order valence-corrected chi connectivity index (χ1v) is 11.2. The van der Waals surface area contributed by atoms with Crippen molar-refractivity contribution >= 4 is 28.8 Å². The molecule has 0 N–H and O–H groups in total. The molecule has 0 saturated carbocycles. The van der Waals surface area contributed by atoms with Crippen LogP contribution in [0, 0.1) is 6.92 Å².